The van der Waals surface area contributed by atoms with E-state index in [0.717, 1.165) is 0 Å². The number of carbonyl (C=O) groups excluding carboxylic acids is 3. The van der Waals surface area contributed by atoms with Crippen molar-refractivity contribution in [3.05, 3.63) is 34.6 Å². The number of fused-ring (bicyclic) bond motifs is 3. The van der Waals surface area contributed by atoms with Crippen LogP contribution >= 0.6 is 0 Å². The lowest BCUT2D eigenvalue weighted by atomic mass is 9.57. The lowest BCUT2D eigenvalue weighted by Gasteiger charge is -2.48. The number of amides is 1. The fourth-order valence-corrected chi connectivity index (χ4v) is 6.14. The molecule has 1 aliphatic heterocycles. The molecule has 1 aromatic carbocycles. The van der Waals surface area contributed by atoms with Gasteiger partial charge in [0.05, 0.1) is 22.9 Å². The molecule has 0 radical (unpaired) electrons. The van der Waals surface area contributed by atoms with Gasteiger partial charge in [0.2, 0.25) is 5.91 Å². The first kappa shape index (κ1) is 24.9. The number of phenols is 1. The summed E-state index contributed by atoms with van der Waals surface area (Å²) in [4.78, 5) is 38.6. The van der Waals surface area contributed by atoms with Crippen LogP contribution in [0.1, 0.15) is 56.5 Å². The summed E-state index contributed by atoms with van der Waals surface area (Å²) >= 11 is 0. The predicted molar refractivity (Wildman–Crippen MR) is 126 cm³/mol. The van der Waals surface area contributed by atoms with Crippen molar-refractivity contribution in [3.8, 4) is 5.75 Å². The molecule has 192 valence electrons. The first-order chi connectivity index (χ1) is 16.6. The average Bonchev–Trinajstić information content (AvgIpc) is 2.97. The maximum Gasteiger partial charge on any atom is 0.495 e. The maximum absolute atomic E-state index is 13.7. The van der Waals surface area contributed by atoms with Crippen LogP contribution in [0.25, 0.3) is 0 Å². The van der Waals surface area contributed by atoms with E-state index < -0.39 is 71.0 Å². The Morgan fingerprint density at radius 3 is 2.28 bits per heavy atom. The van der Waals surface area contributed by atoms with Crippen LogP contribution < -0.4 is 11.2 Å². The fraction of sp³-hybridized carbons (Fsp3) is 0.560. The predicted octanol–water partition coefficient (Wildman–Crippen LogP) is 0.0447. The van der Waals surface area contributed by atoms with Crippen LogP contribution in [0.3, 0.4) is 0 Å². The van der Waals surface area contributed by atoms with Crippen molar-refractivity contribution < 1.29 is 44.1 Å². The SMILES string of the molecule is CC1(C)OB(c2ccc(O)c3c2C[C@H]2C[C@H]4CC(O)C(C(N)=O)C(=O)[C@@]4(O)C(O)=C2C3=O)OC1(C)C. The Morgan fingerprint density at radius 2 is 1.69 bits per heavy atom. The van der Waals surface area contributed by atoms with Gasteiger partial charge in [-0.1, -0.05) is 6.07 Å². The maximum atomic E-state index is 13.7. The highest BCUT2D eigenvalue weighted by Gasteiger charge is 2.62. The minimum atomic E-state index is -2.53. The second-order valence-electron chi connectivity index (χ2n) is 11.4. The summed E-state index contributed by atoms with van der Waals surface area (Å²) in [6.45, 7) is 7.60. The third-order valence-electron chi connectivity index (χ3n) is 8.82. The quantitative estimate of drug-likeness (QED) is 0.278. The van der Waals surface area contributed by atoms with E-state index in [-0.39, 0.29) is 36.1 Å². The van der Waals surface area contributed by atoms with Gasteiger partial charge in [0.15, 0.2) is 17.2 Å². The molecule has 4 aliphatic rings. The van der Waals surface area contributed by atoms with Gasteiger partial charge < -0.3 is 35.5 Å². The summed E-state index contributed by atoms with van der Waals surface area (Å²) in [5.41, 5.74) is 2.30. The Morgan fingerprint density at radius 1 is 1.08 bits per heavy atom. The van der Waals surface area contributed by atoms with E-state index in [2.05, 4.69) is 0 Å². The van der Waals surface area contributed by atoms with Gasteiger partial charge in [0.1, 0.15) is 17.4 Å². The summed E-state index contributed by atoms with van der Waals surface area (Å²) in [5, 5.41) is 43.6. The molecule has 2 fully saturated rings. The van der Waals surface area contributed by atoms with Gasteiger partial charge in [-0.05, 0) is 70.0 Å². The van der Waals surface area contributed by atoms with Gasteiger partial charge in [0.25, 0.3) is 0 Å². The van der Waals surface area contributed by atoms with Crippen LogP contribution in [0.4, 0.5) is 0 Å². The van der Waals surface area contributed by atoms with Crippen LogP contribution in [0.5, 0.6) is 5.75 Å². The molecular formula is C25H30BNO9. The van der Waals surface area contributed by atoms with E-state index in [1.54, 1.807) is 6.07 Å². The number of rotatable bonds is 2. The molecule has 6 N–H and O–H groups in total. The van der Waals surface area contributed by atoms with Gasteiger partial charge in [-0.3, -0.25) is 14.4 Å². The van der Waals surface area contributed by atoms with Crippen LogP contribution in [-0.4, -0.2) is 67.9 Å². The normalized spacial score (nSPS) is 34.8. The number of primary amides is 1. The van der Waals surface area contributed by atoms with Gasteiger partial charge in [-0.15, -0.1) is 0 Å². The number of aliphatic hydroxyl groups is 3. The van der Waals surface area contributed by atoms with Crippen molar-refractivity contribution in [3.63, 3.8) is 0 Å². The van der Waals surface area contributed by atoms with Crippen molar-refractivity contribution in [2.75, 3.05) is 0 Å². The Balaban J connectivity index is 1.62. The van der Waals surface area contributed by atoms with Gasteiger partial charge in [0, 0.05) is 11.5 Å². The third-order valence-corrected chi connectivity index (χ3v) is 8.82. The Hall–Kier alpha value is -2.73. The molecule has 1 aromatic rings. The molecule has 36 heavy (non-hydrogen) atoms. The first-order valence-electron chi connectivity index (χ1n) is 12.0. The van der Waals surface area contributed by atoms with Crippen molar-refractivity contribution >= 4 is 30.1 Å². The first-order valence-corrected chi connectivity index (χ1v) is 12.0. The van der Waals surface area contributed by atoms with Crippen LogP contribution in [0.15, 0.2) is 23.5 Å². The zero-order valence-corrected chi connectivity index (χ0v) is 20.6. The standard InChI is InChI=1S/C25H30BNO9/c1-23(2)24(3,4)36-26(35-23)13-5-6-14(28)17-12(13)8-10-7-11-9-15(29)18(22(27)33)21(32)25(11,34)20(31)16(10)19(17)30/h5-6,10-11,15,18,28-29,31,34H,7-9H2,1-4H3,(H2,27,33)/t10-,11+,15?,18?,25+/m1/s1. The van der Waals surface area contributed by atoms with Gasteiger partial charge in [-0.25, -0.2) is 0 Å². The lowest BCUT2D eigenvalue weighted by molar-refractivity contribution is -0.167. The molecule has 3 aliphatic carbocycles. The van der Waals surface area contributed by atoms with Gasteiger partial charge >= 0.3 is 7.12 Å². The molecule has 0 spiro atoms. The fourth-order valence-electron chi connectivity index (χ4n) is 6.14. The topological polar surface area (TPSA) is 177 Å². The summed E-state index contributed by atoms with van der Waals surface area (Å²) < 4.78 is 12.3. The summed E-state index contributed by atoms with van der Waals surface area (Å²) in [6, 6.07) is 2.99. The number of ketones is 2. The largest absolute Gasteiger partial charge is 0.508 e. The lowest BCUT2D eigenvalue weighted by Crippen LogP contribution is -2.63. The highest BCUT2D eigenvalue weighted by molar-refractivity contribution is 6.63. The molecule has 0 aromatic heterocycles. The molecule has 11 heteroatoms. The van der Waals surface area contributed by atoms with E-state index in [4.69, 9.17) is 15.0 Å². The Kier molecular flexibility index (Phi) is 5.30. The Labute approximate surface area is 208 Å². The molecule has 2 unspecified atom stereocenters. The highest BCUT2D eigenvalue weighted by Crippen LogP contribution is 2.51. The minimum Gasteiger partial charge on any atom is -0.508 e. The number of carbonyl (C=O) groups is 3. The zero-order valence-electron chi connectivity index (χ0n) is 20.6. The van der Waals surface area contributed by atoms with Crippen molar-refractivity contribution in [1.29, 1.82) is 0 Å². The van der Waals surface area contributed by atoms with E-state index in [1.807, 2.05) is 27.7 Å². The monoisotopic (exact) mass is 499 g/mol. The van der Waals surface area contributed by atoms with E-state index in [9.17, 15) is 34.8 Å². The molecule has 1 amide bonds. The number of allylic oxidation sites excluding steroid dienone is 1. The second-order valence-corrected chi connectivity index (χ2v) is 11.4. The molecule has 5 rings (SSSR count). The number of aromatic hydroxyl groups is 1. The molecular weight excluding hydrogens is 469 g/mol. The van der Waals surface area contributed by atoms with Crippen molar-refractivity contribution in [2.24, 2.45) is 23.5 Å². The number of hydrogen-bond donors (Lipinski definition) is 5. The molecule has 1 saturated heterocycles. The van der Waals surface area contributed by atoms with E-state index in [0.29, 0.717) is 11.0 Å². The molecule has 5 atom stereocenters. The van der Waals surface area contributed by atoms with E-state index in [1.165, 1.54) is 6.07 Å². The summed E-state index contributed by atoms with van der Waals surface area (Å²) in [5.74, 6) is -7.39. The number of phenolic OH excluding ortho intramolecular Hbond substituents is 1. The van der Waals surface area contributed by atoms with Crippen LogP contribution in [-0.2, 0) is 25.3 Å². The van der Waals surface area contributed by atoms with Crippen LogP contribution in [0.2, 0.25) is 0 Å². The van der Waals surface area contributed by atoms with Crippen LogP contribution in [0, 0.1) is 17.8 Å². The average molecular weight is 499 g/mol. The van der Waals surface area contributed by atoms with Crippen molar-refractivity contribution in [2.45, 2.75) is 69.9 Å². The number of benzene rings is 1. The van der Waals surface area contributed by atoms with Gasteiger partial charge in [-0.2, -0.15) is 0 Å². The van der Waals surface area contributed by atoms with Crippen molar-refractivity contribution in [1.82, 2.24) is 0 Å². The summed E-state index contributed by atoms with van der Waals surface area (Å²) in [7, 11) is -0.800. The molecule has 1 heterocycles. The smallest absolute Gasteiger partial charge is 0.495 e. The third kappa shape index (κ3) is 3.16. The number of aliphatic hydroxyl groups excluding tert-OH is 2. The van der Waals surface area contributed by atoms with E-state index >= 15 is 0 Å². The molecule has 0 bridgehead atoms. The molecule has 10 nitrogen and oxygen atoms in total. The Bertz CT molecular complexity index is 1220. The number of nitrogens with two attached hydrogens (primary N) is 1. The second kappa shape index (κ2) is 7.64. The number of hydrogen-bond acceptors (Lipinski definition) is 9. The molecule has 1 saturated carbocycles. The summed E-state index contributed by atoms with van der Waals surface area (Å²) in [6.07, 6.45) is -1.28. The minimum absolute atomic E-state index is 0.0585. The number of Topliss-reactive ketones (excluding diaryl/α,β-unsaturated/α-hetero) is 2. The zero-order chi connectivity index (χ0) is 26.5. The highest BCUT2D eigenvalue weighted by atomic mass is 16.7.